The lowest BCUT2D eigenvalue weighted by molar-refractivity contribution is 0.566. The molecule has 0 bridgehead atoms. The minimum Gasteiger partial charge on any atom is -0.311 e. The molecule has 105 heavy (non-hydrogen) atoms. The fraction of sp³-hybridized carbons (Fsp3) is 0.449. The van der Waals surface area contributed by atoms with E-state index < -0.39 is 0 Å². The van der Waals surface area contributed by atoms with Gasteiger partial charge in [-0.15, -0.1) is 0 Å². The van der Waals surface area contributed by atoms with Gasteiger partial charge in [0.2, 0.25) is 13.4 Å². The Morgan fingerprint density at radius 1 is 0.248 bits per heavy atom. The van der Waals surface area contributed by atoms with Gasteiger partial charge in [0.05, 0.1) is 0 Å². The molecule has 4 aliphatic rings. The molecule has 14 rings (SSSR count). The molecule has 0 radical (unpaired) electrons. The summed E-state index contributed by atoms with van der Waals surface area (Å²) in [5.41, 5.74) is 33.8. The van der Waals surface area contributed by atoms with Crippen molar-refractivity contribution >= 4 is 126 Å². The molecular weight excluding hydrogens is 1300 g/mol. The monoisotopic (exact) mass is 1430 g/mol. The quantitative estimate of drug-likeness (QED) is 0.154. The highest BCUT2D eigenvalue weighted by Gasteiger charge is 2.51. The first kappa shape index (κ1) is 75.0. The van der Waals surface area contributed by atoms with E-state index in [9.17, 15) is 0 Å². The van der Waals surface area contributed by atoms with Crippen LogP contribution in [0.5, 0.6) is 0 Å². The third kappa shape index (κ3) is 12.9. The van der Waals surface area contributed by atoms with Crippen molar-refractivity contribution in [1.29, 1.82) is 0 Å². The second kappa shape index (κ2) is 23.9. The summed E-state index contributed by atoms with van der Waals surface area (Å²) in [6.45, 7) is 79.2. The lowest BCUT2D eigenvalue weighted by Crippen LogP contribution is -2.66. The summed E-state index contributed by atoms with van der Waals surface area (Å²) in [5.74, 6) is 0. The van der Waals surface area contributed by atoms with Gasteiger partial charge in [0.1, 0.15) is 0 Å². The Labute approximate surface area is 643 Å². The lowest BCUT2D eigenvalue weighted by atomic mass is 9.30. The summed E-state index contributed by atoms with van der Waals surface area (Å²) >= 11 is 4.12. The van der Waals surface area contributed by atoms with E-state index in [1.54, 1.807) is 0 Å². The molecule has 0 fully saturated rings. The highest BCUT2D eigenvalue weighted by Crippen LogP contribution is 2.54. The maximum absolute atomic E-state index is 2.84. The SMILES string of the molecule is CC(C)(C)c1cc(N(c2cc(C(C)(C)C)cc(C(C)(C)C)c2)c2ccc3c(c2)Sc2c4c5c6c(c2C(C)(C)C)Sc2cc(N(c7cc(C(C)(C)C)cc(C(C)(C)C)c7)c7cc(C(C)(C)C)cc(C(C)(C)C)c7)ccc2B6c2cc(C(C)(C)C)cc6c7cc(C(C)(C)C)cc(c7n-5c26)B34)cc(C(C)(C)C)c1. The van der Waals surface area contributed by atoms with Gasteiger partial charge in [0, 0.05) is 81.2 Å². The summed E-state index contributed by atoms with van der Waals surface area (Å²) < 4.78 is 2.84. The first-order valence-electron chi connectivity index (χ1n) is 39.3. The average Bonchev–Trinajstić information content (AvgIpc) is 1.56. The number of aromatic nitrogens is 1. The van der Waals surface area contributed by atoms with Crippen LogP contribution in [0.15, 0.2) is 153 Å². The molecule has 7 heteroatoms. The number of benzene rings is 9. The number of hydrogen-bond acceptors (Lipinski definition) is 4. The summed E-state index contributed by atoms with van der Waals surface area (Å²) in [6.07, 6.45) is 0. The average molecular weight is 1430 g/mol. The van der Waals surface area contributed by atoms with Crippen molar-refractivity contribution in [2.45, 2.75) is 308 Å². The van der Waals surface area contributed by atoms with Crippen molar-refractivity contribution in [3.05, 3.63) is 195 Å². The molecule has 0 atom stereocenters. The fourth-order valence-corrected chi connectivity index (χ4v) is 19.9. The van der Waals surface area contributed by atoms with Gasteiger partial charge in [-0.1, -0.05) is 311 Å². The maximum Gasteiger partial charge on any atom is 0.249 e. The van der Waals surface area contributed by atoms with Gasteiger partial charge in [-0.05, 0) is 228 Å². The highest BCUT2D eigenvalue weighted by atomic mass is 32.2. The molecule has 5 heterocycles. The second-order valence-electron chi connectivity index (χ2n) is 43.5. The van der Waals surface area contributed by atoms with Crippen LogP contribution >= 0.6 is 23.5 Å². The Morgan fingerprint density at radius 2 is 0.486 bits per heavy atom. The van der Waals surface area contributed by atoms with Crippen LogP contribution in [-0.2, 0) is 59.6 Å². The molecule has 9 aromatic carbocycles. The van der Waals surface area contributed by atoms with Crippen molar-refractivity contribution in [2.75, 3.05) is 9.80 Å². The Kier molecular flexibility index (Phi) is 17.0. The van der Waals surface area contributed by atoms with Crippen molar-refractivity contribution in [2.24, 2.45) is 0 Å². The van der Waals surface area contributed by atoms with Crippen LogP contribution in [0.1, 0.15) is 290 Å². The number of nitrogens with zero attached hydrogens (tertiary/aromatic N) is 3. The molecule has 0 saturated heterocycles. The minimum absolute atomic E-state index is 0.0227. The smallest absolute Gasteiger partial charge is 0.249 e. The first-order valence-corrected chi connectivity index (χ1v) is 40.9. The molecule has 0 unspecified atom stereocenters. The summed E-state index contributed by atoms with van der Waals surface area (Å²) in [7, 11) is 0. The minimum atomic E-state index is -0.267. The Bertz CT molecular complexity index is 4680. The van der Waals surface area contributed by atoms with Crippen molar-refractivity contribution in [3.8, 4) is 5.69 Å². The Hall–Kier alpha value is -6.79. The first-order chi connectivity index (χ1) is 48.0. The number of anilines is 6. The summed E-state index contributed by atoms with van der Waals surface area (Å²) in [5, 5.41) is 2.75. The van der Waals surface area contributed by atoms with Gasteiger partial charge in [0.15, 0.2) is 0 Å². The topological polar surface area (TPSA) is 11.4 Å². The van der Waals surface area contributed by atoms with Gasteiger partial charge in [-0.2, -0.15) is 0 Å². The van der Waals surface area contributed by atoms with Crippen molar-refractivity contribution in [3.63, 3.8) is 0 Å². The molecule has 0 saturated carbocycles. The second-order valence-corrected chi connectivity index (χ2v) is 45.6. The predicted molar refractivity (Wildman–Crippen MR) is 466 cm³/mol. The van der Waals surface area contributed by atoms with Crippen LogP contribution in [0.2, 0.25) is 0 Å². The maximum atomic E-state index is 2.84. The zero-order chi connectivity index (χ0) is 76.8. The molecule has 0 amide bonds. The van der Waals surface area contributed by atoms with Crippen LogP contribution in [0.3, 0.4) is 0 Å². The van der Waals surface area contributed by atoms with Gasteiger partial charge in [-0.3, -0.25) is 0 Å². The van der Waals surface area contributed by atoms with E-state index in [1.165, 1.54) is 175 Å². The van der Waals surface area contributed by atoms with E-state index in [1.807, 2.05) is 0 Å². The molecule has 0 spiro atoms. The van der Waals surface area contributed by atoms with Crippen molar-refractivity contribution < 1.29 is 0 Å². The number of fused-ring (bicyclic) bond motifs is 7. The summed E-state index contributed by atoms with van der Waals surface area (Å²) in [4.78, 5) is 10.8. The third-order valence-corrected chi connectivity index (χ3v) is 26.0. The van der Waals surface area contributed by atoms with E-state index in [-0.39, 0.29) is 73.0 Å². The van der Waals surface area contributed by atoms with Gasteiger partial charge < -0.3 is 14.4 Å². The molecule has 0 aliphatic carbocycles. The molecule has 3 nitrogen and oxygen atoms in total. The Morgan fingerprint density at radius 3 is 0.714 bits per heavy atom. The third-order valence-electron chi connectivity index (χ3n) is 23.6. The molecular formula is C98H121B2N3S2. The van der Waals surface area contributed by atoms with Gasteiger partial charge in [-0.25, -0.2) is 0 Å². The van der Waals surface area contributed by atoms with Crippen LogP contribution in [-0.4, -0.2) is 18.0 Å². The van der Waals surface area contributed by atoms with E-state index in [4.69, 9.17) is 0 Å². The van der Waals surface area contributed by atoms with E-state index in [0.29, 0.717) is 0 Å². The van der Waals surface area contributed by atoms with Crippen molar-refractivity contribution in [1.82, 2.24) is 4.57 Å². The Balaban J connectivity index is 1.10. The molecule has 0 N–H and O–H groups in total. The molecule has 1 aromatic heterocycles. The van der Waals surface area contributed by atoms with E-state index in [2.05, 4.69) is 400 Å². The zero-order valence-corrected chi connectivity index (χ0v) is 72.1. The van der Waals surface area contributed by atoms with E-state index >= 15 is 0 Å². The zero-order valence-electron chi connectivity index (χ0n) is 70.5. The normalized spacial score (nSPS) is 14.8. The standard InChI is InChI=1S/C98H121B2N3S2/c1-88(2,3)56-38-57(89(4,5)6)43-68(42-56)101(69-44-58(90(7,8)9)39-59(45-69)91(10,11)12)66-34-36-74-78(54-66)104-86-80(98(31,32)33)87-82-85-81(86)99(74)76-52-64(96(25,26)27)50-72-73-51-65(97(28,29)30)53-77(84(73)103(85)83(72)76)100(82)75-37-35-67(55-79(75)105-87)102(70-46-60(92(13,14)15)40-61(47-70)93(16,17)18)71-48-62(94(19,20)21)41-63(49-71)95(22,23)24/h34-55H,1-33H3. The molecule has 10 aromatic rings. The van der Waals surface area contributed by atoms with Crippen LogP contribution in [0.25, 0.3) is 27.5 Å². The van der Waals surface area contributed by atoms with Crippen LogP contribution in [0, 0.1) is 0 Å². The largest absolute Gasteiger partial charge is 0.311 e. The predicted octanol–water partition coefficient (Wildman–Crippen LogP) is 24.6. The lowest BCUT2D eigenvalue weighted by Gasteiger charge is -2.44. The summed E-state index contributed by atoms with van der Waals surface area (Å²) in [6, 6.07) is 56.0. The van der Waals surface area contributed by atoms with Crippen LogP contribution < -0.4 is 42.6 Å². The molecule has 546 valence electrons. The highest BCUT2D eigenvalue weighted by molar-refractivity contribution is 8.01. The van der Waals surface area contributed by atoms with E-state index in [0.717, 1.165) is 0 Å². The number of hydrogen-bond donors (Lipinski definition) is 0. The number of rotatable bonds is 6. The van der Waals surface area contributed by atoms with Crippen LogP contribution in [0.4, 0.5) is 34.1 Å². The van der Waals surface area contributed by atoms with Gasteiger partial charge >= 0.3 is 0 Å². The molecule has 4 aliphatic heterocycles. The van der Waals surface area contributed by atoms with Gasteiger partial charge in [0.25, 0.3) is 0 Å². The fourth-order valence-electron chi connectivity index (χ4n) is 16.7.